The first kappa shape index (κ1) is 58.0. The summed E-state index contributed by atoms with van der Waals surface area (Å²) in [5, 5.41) is 65.5. The van der Waals surface area contributed by atoms with Gasteiger partial charge in [0.2, 0.25) is 0 Å². The van der Waals surface area contributed by atoms with Crippen LogP contribution >= 0.6 is 0 Å². The molecule has 68 heavy (non-hydrogen) atoms. The molecule has 0 aromatic heterocycles. The van der Waals surface area contributed by atoms with Crippen LogP contribution in [-0.2, 0) is 25.0 Å². The maximum atomic E-state index is 12.7. The molecule has 0 spiro atoms. The molecule has 4 N–H and O–H groups in total. The Morgan fingerprint density at radius 2 is 1.25 bits per heavy atom. The molecule has 7 aromatic carbocycles. The van der Waals surface area contributed by atoms with E-state index in [1.165, 1.54) is 18.2 Å². The van der Waals surface area contributed by atoms with E-state index in [2.05, 4.69) is 31.1 Å². The number of ether oxygens (including phenoxy) is 1. The normalized spacial score (nSPS) is 11.2. The van der Waals surface area contributed by atoms with Crippen molar-refractivity contribution in [1.29, 1.82) is 0 Å². The summed E-state index contributed by atoms with van der Waals surface area (Å²) in [7, 11) is -10.6. The second-order valence-electron chi connectivity index (χ2n) is 13.4. The van der Waals surface area contributed by atoms with Gasteiger partial charge < -0.3 is 54.5 Å². The average Bonchev–Trinajstić information content (AvgIpc) is 3.25. The molecule has 0 unspecified atom stereocenters. The third-order valence-electron chi connectivity index (χ3n) is 9.17. The molecular weight excluding hydrogens is 969 g/mol. The van der Waals surface area contributed by atoms with Crippen LogP contribution in [0.3, 0.4) is 0 Å². The van der Waals surface area contributed by atoms with Crippen LogP contribution in [0.2, 0.25) is 0 Å². The number of azo groups is 2. The van der Waals surface area contributed by atoms with Gasteiger partial charge in [-0.3, -0.25) is 4.79 Å². The standard InChI is InChI=1S/C42H30N6O14S2.4Na/c49-34-15-11-27(18-32(34)42(54)55)45-46-33-20-35(62-21-37(50)51)38(30-14-12-28(19-31(30)33)63(56,57)58)47-48-39-36(64(59,60)61)17-23-16-26(10-13-29(23)40(39)52)43-24-6-8-25(9-7-24)44-41(53)22-4-2-1-3-5-22;;;;/h1-20,43,49,52H,21H2,(H,44,53)(H,50,51)(H,54,55)(H,56,57,58)(H,59,60,61);;;;/q;4*+1/p-4. The topological polar surface area (TPSA) is 335 Å². The van der Waals surface area contributed by atoms with Gasteiger partial charge in [-0.2, -0.15) is 5.11 Å². The summed E-state index contributed by atoms with van der Waals surface area (Å²) in [5.41, 5.74) is -0.543. The van der Waals surface area contributed by atoms with Crippen molar-refractivity contribution in [3.8, 4) is 17.2 Å². The molecule has 0 fully saturated rings. The van der Waals surface area contributed by atoms with Crippen molar-refractivity contribution in [3.63, 3.8) is 0 Å². The number of phenolic OH excluding ortho intramolecular Hbond substituents is 1. The number of hydrogen-bond donors (Lipinski definition) is 4. The van der Waals surface area contributed by atoms with Crippen LogP contribution in [-0.4, -0.2) is 60.6 Å². The number of hydrogen-bond acceptors (Lipinski definition) is 19. The summed E-state index contributed by atoms with van der Waals surface area (Å²) in [5.74, 6) is -5.76. The Kier molecular flexibility index (Phi) is 20.9. The third kappa shape index (κ3) is 13.9. The monoisotopic (exact) mass is 994 g/mol. The Hall–Kier alpha value is -4.31. The van der Waals surface area contributed by atoms with E-state index >= 15 is 0 Å². The number of aromatic hydroxyl groups is 2. The summed E-state index contributed by atoms with van der Waals surface area (Å²) in [6, 6.07) is 27.2. The van der Waals surface area contributed by atoms with Gasteiger partial charge in [-0.05, 0) is 96.4 Å². The second kappa shape index (κ2) is 24.5. The number of carbonyl (C=O) groups excluding carboxylic acids is 3. The zero-order chi connectivity index (χ0) is 45.9. The molecule has 26 heteroatoms. The Labute approximate surface area is 474 Å². The van der Waals surface area contributed by atoms with E-state index in [0.29, 0.717) is 22.6 Å². The fourth-order valence-corrected chi connectivity index (χ4v) is 7.35. The molecule has 0 bridgehead atoms. The van der Waals surface area contributed by atoms with Gasteiger partial charge in [0.1, 0.15) is 49.7 Å². The number of carboxylic acids is 2. The number of carboxylic acid groups (broad SMARTS) is 2. The van der Waals surface area contributed by atoms with E-state index < -0.39 is 82.8 Å². The zero-order valence-corrected chi connectivity index (χ0v) is 45.8. The molecule has 0 aliphatic carbocycles. The van der Waals surface area contributed by atoms with Gasteiger partial charge in [0, 0.05) is 50.4 Å². The number of amides is 1. The van der Waals surface area contributed by atoms with Crippen molar-refractivity contribution < 1.29 is 184 Å². The number of phenols is 2. The van der Waals surface area contributed by atoms with Crippen molar-refractivity contribution in [2.45, 2.75) is 9.79 Å². The van der Waals surface area contributed by atoms with Gasteiger partial charge in [0.05, 0.1) is 33.1 Å². The first-order chi connectivity index (χ1) is 30.3. The Morgan fingerprint density at radius 3 is 1.88 bits per heavy atom. The number of benzene rings is 7. The third-order valence-corrected chi connectivity index (χ3v) is 10.8. The van der Waals surface area contributed by atoms with Crippen LogP contribution in [0.5, 0.6) is 17.2 Å². The fraction of sp³-hybridized carbons (Fsp3) is 0.0238. The van der Waals surface area contributed by atoms with Crippen LogP contribution in [0.15, 0.2) is 152 Å². The minimum absolute atomic E-state index is 0. The first-order valence-corrected chi connectivity index (χ1v) is 20.9. The van der Waals surface area contributed by atoms with Crippen molar-refractivity contribution in [3.05, 3.63) is 132 Å². The minimum Gasteiger partial charge on any atom is -0.744 e. The minimum atomic E-state index is -5.43. The summed E-state index contributed by atoms with van der Waals surface area (Å²) in [4.78, 5) is 33.6. The quantitative estimate of drug-likeness (QED) is 0.0447. The smallest absolute Gasteiger partial charge is 0.744 e. The molecule has 324 valence electrons. The Bertz CT molecular complexity index is 3350. The average molecular weight is 995 g/mol. The van der Waals surface area contributed by atoms with E-state index in [-0.39, 0.29) is 157 Å². The van der Waals surface area contributed by atoms with Crippen molar-refractivity contribution in [2.75, 3.05) is 17.2 Å². The zero-order valence-electron chi connectivity index (χ0n) is 36.2. The van der Waals surface area contributed by atoms with Crippen LogP contribution in [0.1, 0.15) is 20.7 Å². The number of aliphatic carboxylic acids is 1. The van der Waals surface area contributed by atoms with E-state index in [0.717, 1.165) is 48.5 Å². The number of rotatable bonds is 14. The molecule has 7 rings (SSSR count). The maximum Gasteiger partial charge on any atom is 1.00 e. The largest absolute Gasteiger partial charge is 1.00 e. The van der Waals surface area contributed by atoms with Crippen LogP contribution in [0, 0.1) is 0 Å². The summed E-state index contributed by atoms with van der Waals surface area (Å²) in [6.07, 6.45) is 0. The van der Waals surface area contributed by atoms with Crippen LogP contribution in [0.4, 0.5) is 39.8 Å². The first-order valence-electron chi connectivity index (χ1n) is 18.1. The van der Waals surface area contributed by atoms with Crippen LogP contribution < -0.4 is 144 Å². The van der Waals surface area contributed by atoms with Gasteiger partial charge >= 0.3 is 118 Å². The van der Waals surface area contributed by atoms with Crippen LogP contribution in [0.25, 0.3) is 21.5 Å². The maximum absolute atomic E-state index is 12.7. The Balaban J connectivity index is 0.00000306. The number of fused-ring (bicyclic) bond motifs is 2. The van der Waals surface area contributed by atoms with Gasteiger partial charge in [-0.15, -0.1) is 15.3 Å². The summed E-state index contributed by atoms with van der Waals surface area (Å²) < 4.78 is 79.5. The molecule has 20 nitrogen and oxygen atoms in total. The summed E-state index contributed by atoms with van der Waals surface area (Å²) in [6.45, 7) is -1.13. The fourth-order valence-electron chi connectivity index (χ4n) is 6.21. The predicted octanol–water partition coefficient (Wildman–Crippen LogP) is -6.45. The molecule has 0 radical (unpaired) electrons. The van der Waals surface area contributed by atoms with Crippen molar-refractivity contribution in [1.82, 2.24) is 0 Å². The SMILES string of the molecule is O=C([O-])COc1cc(N=Nc2ccc(O)c(C(=O)[O-])c2)c2cc(S(=O)(=O)[O-])ccc2c1N=Nc1c(S(=O)(=O)[O-])cc2cc(Nc3ccc(NC(=O)c4ccccc4)cc3)ccc2c1O.[Na+].[Na+].[Na+].[Na+]. The molecule has 0 saturated carbocycles. The molecule has 0 aliphatic rings. The van der Waals surface area contributed by atoms with Gasteiger partial charge in [-0.25, -0.2) is 16.8 Å². The van der Waals surface area contributed by atoms with E-state index in [4.69, 9.17) is 4.74 Å². The molecule has 0 atom stereocenters. The van der Waals surface area contributed by atoms with Gasteiger partial charge in [0.25, 0.3) is 5.91 Å². The molecule has 0 saturated heterocycles. The number of nitrogens with one attached hydrogen (secondary N) is 2. The molecule has 1 amide bonds. The Morgan fingerprint density at radius 1 is 0.618 bits per heavy atom. The van der Waals surface area contributed by atoms with Crippen molar-refractivity contribution in [2.24, 2.45) is 20.5 Å². The number of aromatic carboxylic acids is 1. The van der Waals surface area contributed by atoms with E-state index in [1.54, 1.807) is 54.6 Å². The number of anilines is 3. The predicted molar refractivity (Wildman–Crippen MR) is 221 cm³/mol. The molecule has 7 aromatic rings. The van der Waals surface area contributed by atoms with E-state index in [1.807, 2.05) is 0 Å². The van der Waals surface area contributed by atoms with Gasteiger partial charge in [0.15, 0.2) is 5.75 Å². The molecule has 0 heterocycles. The van der Waals surface area contributed by atoms with Crippen molar-refractivity contribution >= 4 is 99.4 Å². The molecular formula is C42H26N6Na4O14S2. The van der Waals surface area contributed by atoms with E-state index in [9.17, 15) is 60.8 Å². The number of nitrogens with zero attached hydrogens (tertiary/aromatic N) is 4. The van der Waals surface area contributed by atoms with Gasteiger partial charge in [-0.1, -0.05) is 24.3 Å². The molecule has 0 aliphatic heterocycles. The number of carbonyl (C=O) groups is 3. The summed E-state index contributed by atoms with van der Waals surface area (Å²) >= 11 is 0. The second-order valence-corrected chi connectivity index (χ2v) is 16.2.